The van der Waals surface area contributed by atoms with Crippen LogP contribution in [-0.4, -0.2) is 43.8 Å². The van der Waals surface area contributed by atoms with Crippen molar-refractivity contribution in [2.45, 2.75) is 31.7 Å². The molecule has 0 bridgehead atoms. The second-order valence-electron chi connectivity index (χ2n) is 7.88. The smallest absolute Gasteiger partial charge is 0.317 e. The van der Waals surface area contributed by atoms with Gasteiger partial charge in [0.05, 0.1) is 27.0 Å². The third kappa shape index (κ3) is 4.16. The predicted molar refractivity (Wildman–Crippen MR) is 121 cm³/mol. The number of urea groups is 1. The molecule has 0 aliphatic carbocycles. The fraction of sp³-hybridized carbons (Fsp3) is 0.304. The molecule has 1 aliphatic rings. The lowest BCUT2D eigenvalue weighted by atomic mass is 9.98. The van der Waals surface area contributed by atoms with Crippen molar-refractivity contribution >= 4 is 27.6 Å². The molecule has 4 aromatic rings. The number of carbonyl (C=O) groups is 1. The average molecular weight is 433 g/mol. The Morgan fingerprint density at radius 2 is 1.90 bits per heavy atom. The van der Waals surface area contributed by atoms with Gasteiger partial charge in [-0.3, -0.25) is 0 Å². The molecule has 2 aromatic carbocycles. The highest BCUT2D eigenvalue weighted by atomic mass is 32.1. The number of likely N-dealkylation sites (tertiary alicyclic amines) is 1. The molecule has 0 spiro atoms. The second kappa shape index (κ2) is 8.47. The lowest BCUT2D eigenvalue weighted by Gasteiger charge is -2.32. The van der Waals surface area contributed by atoms with Crippen molar-refractivity contribution in [2.24, 2.45) is 0 Å². The molecule has 1 saturated heterocycles. The van der Waals surface area contributed by atoms with E-state index in [2.05, 4.69) is 33.6 Å². The molecule has 5 rings (SSSR count). The van der Waals surface area contributed by atoms with Gasteiger partial charge in [0.25, 0.3) is 0 Å². The minimum atomic E-state index is -0.0701. The molecule has 158 valence electrons. The number of fused-ring (bicyclic) bond motifs is 1. The minimum Gasteiger partial charge on any atom is -0.331 e. The Morgan fingerprint density at radius 3 is 2.61 bits per heavy atom. The summed E-state index contributed by atoms with van der Waals surface area (Å²) in [4.78, 5) is 23.5. The van der Waals surface area contributed by atoms with Crippen LogP contribution in [0.5, 0.6) is 0 Å². The van der Waals surface area contributed by atoms with Gasteiger partial charge in [-0.05, 0) is 49.6 Å². The van der Waals surface area contributed by atoms with Gasteiger partial charge >= 0.3 is 6.03 Å². The highest BCUT2D eigenvalue weighted by Crippen LogP contribution is 2.33. The number of rotatable bonds is 4. The Hall–Kier alpha value is -3.26. The summed E-state index contributed by atoms with van der Waals surface area (Å²) in [5.74, 6) is 0.434. The van der Waals surface area contributed by atoms with Crippen molar-refractivity contribution in [2.75, 3.05) is 13.1 Å². The molecule has 0 saturated carbocycles. The first-order chi connectivity index (χ1) is 15.2. The summed E-state index contributed by atoms with van der Waals surface area (Å²) < 4.78 is 2.95. The first-order valence-electron chi connectivity index (χ1n) is 10.5. The zero-order valence-corrected chi connectivity index (χ0v) is 18.1. The molecule has 31 heavy (non-hydrogen) atoms. The molecular weight excluding hydrogens is 408 g/mol. The maximum absolute atomic E-state index is 12.8. The molecule has 2 aromatic heterocycles. The molecule has 2 amide bonds. The van der Waals surface area contributed by atoms with E-state index in [0.717, 1.165) is 42.7 Å². The van der Waals surface area contributed by atoms with Crippen molar-refractivity contribution in [1.29, 1.82) is 0 Å². The number of nitrogens with one attached hydrogen (secondary N) is 1. The zero-order valence-electron chi connectivity index (χ0n) is 17.3. The number of para-hydroxylation sites is 1. The summed E-state index contributed by atoms with van der Waals surface area (Å²) in [6.07, 6.45) is 5.08. The molecule has 1 unspecified atom stereocenters. The Labute approximate surface area is 184 Å². The number of amides is 2. The van der Waals surface area contributed by atoms with Gasteiger partial charge in [0, 0.05) is 19.0 Å². The fourth-order valence-corrected chi connectivity index (χ4v) is 5.15. The zero-order chi connectivity index (χ0) is 21.2. The standard InChI is InChI=1S/C23H24N6OS/c1-16(17-6-8-19(9-7-17)29-15-24-14-25-29)26-23(30)28-12-10-18(11-13-28)22-27-20-4-2-3-5-21(20)31-22/h2-9,14-16,18H,10-13H2,1H3,(H,26,30). The fourth-order valence-electron chi connectivity index (χ4n) is 4.01. The molecule has 1 aliphatic heterocycles. The molecule has 1 N–H and O–H groups in total. The maximum Gasteiger partial charge on any atom is 0.317 e. The van der Waals surface area contributed by atoms with E-state index in [1.807, 2.05) is 42.2 Å². The van der Waals surface area contributed by atoms with E-state index < -0.39 is 0 Å². The van der Waals surface area contributed by atoms with Crippen LogP contribution < -0.4 is 5.32 Å². The third-order valence-electron chi connectivity index (χ3n) is 5.86. The molecule has 1 atom stereocenters. The first kappa shape index (κ1) is 19.7. The van der Waals surface area contributed by atoms with E-state index in [1.54, 1.807) is 22.3 Å². The van der Waals surface area contributed by atoms with Gasteiger partial charge in [0.2, 0.25) is 0 Å². The van der Waals surface area contributed by atoms with Crippen molar-refractivity contribution in [1.82, 2.24) is 30.0 Å². The largest absolute Gasteiger partial charge is 0.331 e. The molecule has 0 radical (unpaired) electrons. The Bertz CT molecular complexity index is 1130. The Morgan fingerprint density at radius 1 is 1.13 bits per heavy atom. The number of benzene rings is 2. The van der Waals surface area contributed by atoms with Crippen molar-refractivity contribution in [3.05, 3.63) is 71.8 Å². The summed E-state index contributed by atoms with van der Waals surface area (Å²) in [6.45, 7) is 3.52. The van der Waals surface area contributed by atoms with Crippen LogP contribution in [0.3, 0.4) is 0 Å². The van der Waals surface area contributed by atoms with Crippen LogP contribution in [0.15, 0.2) is 61.2 Å². The number of hydrogen-bond donors (Lipinski definition) is 1. The van der Waals surface area contributed by atoms with Crippen LogP contribution in [0.1, 0.15) is 42.3 Å². The summed E-state index contributed by atoms with van der Waals surface area (Å²) >= 11 is 1.78. The van der Waals surface area contributed by atoms with Crippen LogP contribution in [0, 0.1) is 0 Å². The van der Waals surface area contributed by atoms with Gasteiger partial charge in [0.15, 0.2) is 0 Å². The molecule has 8 heteroatoms. The SMILES string of the molecule is CC(NC(=O)N1CCC(c2nc3ccccc3s2)CC1)c1ccc(-n2cncn2)cc1. The summed E-state index contributed by atoms with van der Waals surface area (Å²) in [5, 5.41) is 8.47. The monoisotopic (exact) mass is 432 g/mol. The van der Waals surface area contributed by atoms with Gasteiger partial charge in [0.1, 0.15) is 12.7 Å². The Kier molecular flexibility index (Phi) is 5.38. The van der Waals surface area contributed by atoms with E-state index in [9.17, 15) is 4.79 Å². The van der Waals surface area contributed by atoms with E-state index >= 15 is 0 Å². The number of carbonyl (C=O) groups excluding carboxylic acids is 1. The molecule has 3 heterocycles. The summed E-state index contributed by atoms with van der Waals surface area (Å²) in [7, 11) is 0. The first-order valence-corrected chi connectivity index (χ1v) is 11.3. The number of aromatic nitrogens is 4. The number of thiazole rings is 1. The van der Waals surface area contributed by atoms with Crippen molar-refractivity contribution < 1.29 is 4.79 Å². The van der Waals surface area contributed by atoms with Gasteiger partial charge < -0.3 is 10.2 Å². The summed E-state index contributed by atoms with van der Waals surface area (Å²) in [6, 6.07) is 16.2. The number of piperidine rings is 1. The van der Waals surface area contributed by atoms with E-state index in [-0.39, 0.29) is 12.1 Å². The number of hydrogen-bond acceptors (Lipinski definition) is 5. The second-order valence-corrected chi connectivity index (χ2v) is 8.95. The van der Waals surface area contributed by atoms with Crippen LogP contribution in [0.4, 0.5) is 4.79 Å². The Balaban J connectivity index is 1.17. The van der Waals surface area contributed by atoms with Gasteiger partial charge in [-0.25, -0.2) is 19.4 Å². The highest BCUT2D eigenvalue weighted by Gasteiger charge is 2.26. The molecule has 1 fully saturated rings. The van der Waals surface area contributed by atoms with Crippen molar-refractivity contribution in [3.63, 3.8) is 0 Å². The van der Waals surface area contributed by atoms with Crippen molar-refractivity contribution in [3.8, 4) is 5.69 Å². The average Bonchev–Trinajstić information content (AvgIpc) is 3.49. The molecular formula is C23H24N6OS. The van der Waals surface area contributed by atoms with Crippen LogP contribution in [-0.2, 0) is 0 Å². The van der Waals surface area contributed by atoms with E-state index in [1.165, 1.54) is 16.0 Å². The lowest BCUT2D eigenvalue weighted by molar-refractivity contribution is 0.178. The minimum absolute atomic E-state index is 0.00407. The van der Waals surface area contributed by atoms with Crippen LogP contribution >= 0.6 is 11.3 Å². The summed E-state index contributed by atoms with van der Waals surface area (Å²) in [5.41, 5.74) is 3.07. The lowest BCUT2D eigenvalue weighted by Crippen LogP contribution is -2.44. The van der Waals surface area contributed by atoms with E-state index in [4.69, 9.17) is 4.98 Å². The van der Waals surface area contributed by atoms with Crippen LogP contribution in [0.25, 0.3) is 15.9 Å². The predicted octanol–water partition coefficient (Wildman–Crippen LogP) is 4.53. The highest BCUT2D eigenvalue weighted by molar-refractivity contribution is 7.18. The molecule has 7 nitrogen and oxygen atoms in total. The normalized spacial score (nSPS) is 15.8. The quantitative estimate of drug-likeness (QED) is 0.514. The maximum atomic E-state index is 12.8. The van der Waals surface area contributed by atoms with Crippen LogP contribution in [0.2, 0.25) is 0 Å². The third-order valence-corrected chi connectivity index (χ3v) is 7.06. The van der Waals surface area contributed by atoms with Gasteiger partial charge in [-0.15, -0.1) is 11.3 Å². The van der Waals surface area contributed by atoms with E-state index in [0.29, 0.717) is 5.92 Å². The number of nitrogens with zero attached hydrogens (tertiary/aromatic N) is 5. The van der Waals surface area contributed by atoms with Gasteiger partial charge in [-0.1, -0.05) is 24.3 Å². The van der Waals surface area contributed by atoms with Gasteiger partial charge in [-0.2, -0.15) is 5.10 Å². The topological polar surface area (TPSA) is 75.9 Å².